The second-order valence-corrected chi connectivity index (χ2v) is 8.80. The summed E-state index contributed by atoms with van der Waals surface area (Å²) in [4.78, 5) is 26.4. The van der Waals surface area contributed by atoms with Crippen LogP contribution in [0.15, 0.2) is 41.2 Å². The topological polar surface area (TPSA) is 92.3 Å². The standard InChI is InChI=1S/C26H24Cl2N2O4/c1-4-5-10-34-24-20(27)11-18(12-21(24)28)23(31)22-16(3)19(13-29)25(32)30(26(22)33)14-17-8-6-15(2)7-9-17/h6-9,11-12,33H,4-5,10,14H2,1-3H3. The number of rotatable bonds is 8. The van der Waals surface area contributed by atoms with E-state index in [0.29, 0.717) is 6.61 Å². The SMILES string of the molecule is CCCCOc1c(Cl)cc(C(=O)c2c(C)c(C#N)c(=O)n(Cc3ccc(C)cc3)c2O)cc1Cl. The van der Waals surface area contributed by atoms with Crippen LogP contribution in [0.1, 0.15) is 57.9 Å². The number of benzene rings is 2. The Hall–Kier alpha value is -3.27. The first-order valence-corrected chi connectivity index (χ1v) is 11.5. The molecule has 1 heterocycles. The first kappa shape index (κ1) is 25.4. The molecule has 0 bridgehead atoms. The van der Waals surface area contributed by atoms with Gasteiger partial charge in [0, 0.05) is 5.56 Å². The molecule has 34 heavy (non-hydrogen) atoms. The molecule has 2 aromatic carbocycles. The zero-order valence-electron chi connectivity index (χ0n) is 19.1. The third kappa shape index (κ3) is 5.11. The van der Waals surface area contributed by atoms with Gasteiger partial charge >= 0.3 is 0 Å². The first-order chi connectivity index (χ1) is 16.2. The Morgan fingerprint density at radius 1 is 1.15 bits per heavy atom. The lowest BCUT2D eigenvalue weighted by Crippen LogP contribution is -2.27. The van der Waals surface area contributed by atoms with Crippen LogP contribution < -0.4 is 10.3 Å². The van der Waals surface area contributed by atoms with Crippen LogP contribution in [0.5, 0.6) is 11.6 Å². The molecule has 6 nitrogen and oxygen atoms in total. The first-order valence-electron chi connectivity index (χ1n) is 10.8. The predicted molar refractivity (Wildman–Crippen MR) is 132 cm³/mol. The molecule has 3 aromatic rings. The number of aryl methyl sites for hydroxylation is 1. The van der Waals surface area contributed by atoms with Crippen molar-refractivity contribution in [1.29, 1.82) is 5.26 Å². The number of halogens is 2. The highest BCUT2D eigenvalue weighted by molar-refractivity contribution is 6.38. The molecular weight excluding hydrogens is 475 g/mol. The van der Waals surface area contributed by atoms with Crippen molar-refractivity contribution in [2.24, 2.45) is 0 Å². The lowest BCUT2D eigenvalue weighted by Gasteiger charge is -2.16. The van der Waals surface area contributed by atoms with E-state index < -0.39 is 17.2 Å². The molecule has 0 radical (unpaired) electrons. The quantitative estimate of drug-likeness (QED) is 0.312. The maximum atomic E-state index is 13.4. The van der Waals surface area contributed by atoms with Crippen LogP contribution in [0.3, 0.4) is 0 Å². The predicted octanol–water partition coefficient (Wildman–Crippen LogP) is 5.81. The number of ketones is 1. The summed E-state index contributed by atoms with van der Waals surface area (Å²) in [6.07, 6.45) is 1.75. The summed E-state index contributed by atoms with van der Waals surface area (Å²) in [7, 11) is 0. The Balaban J connectivity index is 2.10. The van der Waals surface area contributed by atoms with Crippen molar-refractivity contribution in [3.8, 4) is 17.7 Å². The minimum Gasteiger partial charge on any atom is -0.494 e. The summed E-state index contributed by atoms with van der Waals surface area (Å²) < 4.78 is 6.65. The average molecular weight is 499 g/mol. The summed E-state index contributed by atoms with van der Waals surface area (Å²) in [5.74, 6) is -0.869. The summed E-state index contributed by atoms with van der Waals surface area (Å²) >= 11 is 12.7. The van der Waals surface area contributed by atoms with E-state index in [4.69, 9.17) is 27.9 Å². The number of aromatic hydroxyl groups is 1. The Morgan fingerprint density at radius 3 is 2.32 bits per heavy atom. The number of carbonyl (C=O) groups excluding carboxylic acids is 1. The highest BCUT2D eigenvalue weighted by Gasteiger charge is 2.26. The zero-order valence-corrected chi connectivity index (χ0v) is 20.6. The lowest BCUT2D eigenvalue weighted by molar-refractivity contribution is 0.103. The number of ether oxygens (including phenoxy) is 1. The fourth-order valence-corrected chi connectivity index (χ4v) is 4.13. The maximum Gasteiger partial charge on any atom is 0.271 e. The Bertz CT molecular complexity index is 1320. The van der Waals surface area contributed by atoms with Gasteiger partial charge in [0.1, 0.15) is 11.6 Å². The molecule has 0 atom stereocenters. The van der Waals surface area contributed by atoms with Crippen LogP contribution in [0.2, 0.25) is 10.0 Å². The average Bonchev–Trinajstić information content (AvgIpc) is 2.80. The fraction of sp³-hybridized carbons (Fsp3) is 0.269. The van der Waals surface area contributed by atoms with E-state index in [0.717, 1.165) is 28.5 Å². The summed E-state index contributed by atoms with van der Waals surface area (Å²) in [6.45, 7) is 5.83. The van der Waals surface area contributed by atoms with E-state index in [2.05, 4.69) is 0 Å². The van der Waals surface area contributed by atoms with E-state index in [1.165, 1.54) is 19.1 Å². The highest BCUT2D eigenvalue weighted by atomic mass is 35.5. The zero-order chi connectivity index (χ0) is 25.0. The molecule has 0 saturated heterocycles. The van der Waals surface area contributed by atoms with E-state index in [1.54, 1.807) is 0 Å². The van der Waals surface area contributed by atoms with Crippen LogP contribution >= 0.6 is 23.2 Å². The number of pyridine rings is 1. The van der Waals surface area contributed by atoms with Crippen molar-refractivity contribution in [2.45, 2.75) is 40.2 Å². The molecule has 0 aliphatic rings. The number of unbranched alkanes of at least 4 members (excludes halogenated alkanes) is 1. The van der Waals surface area contributed by atoms with Gasteiger partial charge in [-0.3, -0.25) is 14.2 Å². The molecule has 0 saturated carbocycles. The number of aromatic nitrogens is 1. The smallest absolute Gasteiger partial charge is 0.271 e. The number of nitriles is 1. The monoisotopic (exact) mass is 498 g/mol. The number of nitrogens with zero attached hydrogens (tertiary/aromatic N) is 2. The third-order valence-electron chi connectivity index (χ3n) is 5.49. The van der Waals surface area contributed by atoms with E-state index in [9.17, 15) is 20.0 Å². The van der Waals surface area contributed by atoms with Crippen LogP contribution in [0.25, 0.3) is 0 Å². The Kier molecular flexibility index (Phi) is 8.03. The Labute approximate surface area is 207 Å². The molecule has 1 N–H and O–H groups in total. The minimum absolute atomic E-state index is 0.00803. The van der Waals surface area contributed by atoms with Crippen LogP contribution in [0.4, 0.5) is 0 Å². The fourth-order valence-electron chi connectivity index (χ4n) is 3.54. The number of hydrogen-bond acceptors (Lipinski definition) is 5. The van der Waals surface area contributed by atoms with Crippen molar-refractivity contribution in [3.05, 3.63) is 90.2 Å². The normalized spacial score (nSPS) is 10.7. The van der Waals surface area contributed by atoms with Crippen LogP contribution in [0, 0.1) is 25.2 Å². The molecule has 1 aromatic heterocycles. The van der Waals surface area contributed by atoms with Gasteiger partial charge in [-0.2, -0.15) is 5.26 Å². The van der Waals surface area contributed by atoms with Crippen LogP contribution in [-0.4, -0.2) is 22.1 Å². The molecule has 0 spiro atoms. The summed E-state index contributed by atoms with van der Waals surface area (Å²) in [5.41, 5.74) is 0.902. The summed E-state index contributed by atoms with van der Waals surface area (Å²) in [5, 5.41) is 20.9. The lowest BCUT2D eigenvalue weighted by atomic mass is 9.97. The second kappa shape index (κ2) is 10.8. The van der Waals surface area contributed by atoms with E-state index in [1.807, 2.05) is 44.2 Å². The molecule has 8 heteroatoms. The van der Waals surface area contributed by atoms with Gasteiger partial charge in [0.15, 0.2) is 11.5 Å². The van der Waals surface area contributed by atoms with E-state index >= 15 is 0 Å². The van der Waals surface area contributed by atoms with Crippen LogP contribution in [-0.2, 0) is 6.54 Å². The van der Waals surface area contributed by atoms with Gasteiger partial charge in [-0.05, 0) is 43.5 Å². The van der Waals surface area contributed by atoms with Crippen molar-refractivity contribution in [2.75, 3.05) is 6.61 Å². The molecule has 0 aliphatic carbocycles. The molecule has 3 rings (SSSR count). The molecule has 176 valence electrons. The van der Waals surface area contributed by atoms with Crippen molar-refractivity contribution in [1.82, 2.24) is 4.57 Å². The van der Waals surface area contributed by atoms with Crippen molar-refractivity contribution >= 4 is 29.0 Å². The van der Waals surface area contributed by atoms with Gasteiger partial charge in [0.2, 0.25) is 5.88 Å². The number of hydrogen-bond donors (Lipinski definition) is 1. The Morgan fingerprint density at radius 2 is 1.76 bits per heavy atom. The second-order valence-electron chi connectivity index (χ2n) is 7.99. The van der Waals surface area contributed by atoms with Gasteiger partial charge < -0.3 is 9.84 Å². The van der Waals surface area contributed by atoms with Crippen molar-refractivity contribution in [3.63, 3.8) is 0 Å². The summed E-state index contributed by atoms with van der Waals surface area (Å²) in [6, 6.07) is 12.0. The van der Waals surface area contributed by atoms with Gasteiger partial charge in [0.25, 0.3) is 5.56 Å². The molecule has 0 aliphatic heterocycles. The molecule has 0 unspecified atom stereocenters. The van der Waals surface area contributed by atoms with E-state index in [-0.39, 0.29) is 44.6 Å². The highest BCUT2D eigenvalue weighted by Crippen LogP contribution is 2.36. The molecule has 0 amide bonds. The van der Waals surface area contributed by atoms with Crippen molar-refractivity contribution < 1.29 is 14.6 Å². The van der Waals surface area contributed by atoms with Gasteiger partial charge in [-0.1, -0.05) is 66.4 Å². The molecule has 0 fully saturated rings. The van der Waals surface area contributed by atoms with Gasteiger partial charge in [-0.25, -0.2) is 0 Å². The largest absolute Gasteiger partial charge is 0.494 e. The van der Waals surface area contributed by atoms with Gasteiger partial charge in [0.05, 0.1) is 28.8 Å². The van der Waals surface area contributed by atoms with Gasteiger partial charge in [-0.15, -0.1) is 0 Å². The minimum atomic E-state index is -0.676. The number of carbonyl (C=O) groups is 1. The third-order valence-corrected chi connectivity index (χ3v) is 6.05. The maximum absolute atomic E-state index is 13.4. The molecular formula is C26H24Cl2N2O4.